The molecule has 48 valence electrons. The van der Waals surface area contributed by atoms with E-state index in [0.29, 0.717) is 0 Å². The highest BCUT2D eigenvalue weighted by Crippen LogP contribution is 2.13. The van der Waals surface area contributed by atoms with Crippen LogP contribution in [0.15, 0.2) is 0 Å². The Hall–Kier alpha value is 0.310. The van der Waals surface area contributed by atoms with Crippen LogP contribution in [0.25, 0.3) is 0 Å². The van der Waals surface area contributed by atoms with Crippen LogP contribution in [0.5, 0.6) is 0 Å². The van der Waals surface area contributed by atoms with Crippen molar-refractivity contribution in [3.8, 4) is 0 Å². The van der Waals surface area contributed by atoms with Crippen molar-refractivity contribution in [1.29, 1.82) is 0 Å². The van der Waals surface area contributed by atoms with Crippen LogP contribution < -0.4 is 0 Å². The van der Waals surface area contributed by atoms with Gasteiger partial charge in [-0.1, -0.05) is 12.8 Å². The van der Waals surface area contributed by atoms with Crippen LogP contribution in [-0.4, -0.2) is 12.4 Å². The summed E-state index contributed by atoms with van der Waals surface area (Å²) in [5, 5.41) is 0. The van der Waals surface area contributed by atoms with Gasteiger partial charge in [-0.3, -0.25) is 0 Å². The molecule has 0 unspecified atom stereocenters. The van der Waals surface area contributed by atoms with Crippen LogP contribution in [0.2, 0.25) is 0 Å². The molecular formula is C6H12OS. The number of rotatable bonds is 0. The van der Waals surface area contributed by atoms with Gasteiger partial charge in [0.15, 0.2) is 0 Å². The minimum absolute atomic E-state index is 0.963. The molecule has 1 fully saturated rings. The van der Waals surface area contributed by atoms with Crippen molar-refractivity contribution in [3.63, 3.8) is 0 Å². The fourth-order valence-electron chi connectivity index (χ4n) is 0.793. The average Bonchev–Trinajstić information content (AvgIpc) is 1.62. The van der Waals surface area contributed by atoms with E-state index < -0.39 is 0 Å². The molecule has 1 aliphatic heterocycles. The second-order valence-corrected chi connectivity index (χ2v) is 2.94. The molecule has 0 aromatic heterocycles. The molecule has 2 heteroatoms. The lowest BCUT2D eigenvalue weighted by Gasteiger charge is -2.06. The zero-order valence-corrected chi connectivity index (χ0v) is 5.88. The molecular weight excluding hydrogens is 120 g/mol. The minimum atomic E-state index is 0.963. The van der Waals surface area contributed by atoms with E-state index >= 15 is 0 Å². The summed E-state index contributed by atoms with van der Waals surface area (Å²) in [4.78, 5) is 0. The van der Waals surface area contributed by atoms with Crippen molar-refractivity contribution >= 4 is 12.0 Å². The molecule has 0 spiro atoms. The zero-order chi connectivity index (χ0) is 5.66. The Labute approximate surface area is 55.0 Å². The predicted molar refractivity (Wildman–Crippen MR) is 36.9 cm³/mol. The first kappa shape index (κ1) is 6.43. The second kappa shape index (κ2) is 4.21. The maximum atomic E-state index is 5.19. The fraction of sp³-hybridized carbons (Fsp3) is 1.00. The summed E-state index contributed by atoms with van der Waals surface area (Å²) in [7, 11) is 0. The van der Waals surface area contributed by atoms with E-state index in [0.717, 1.165) is 6.61 Å². The predicted octanol–water partition coefficient (Wildman–Crippen LogP) is 2.23. The standard InChI is InChI=1S/C6H12OS/c1-2-4-6-8-7-5-3-1/h1-6H2. The maximum Gasteiger partial charge on any atom is 0.0613 e. The van der Waals surface area contributed by atoms with Crippen molar-refractivity contribution in [2.45, 2.75) is 25.7 Å². The first-order valence-electron chi connectivity index (χ1n) is 3.24. The van der Waals surface area contributed by atoms with Gasteiger partial charge in [-0.25, -0.2) is 0 Å². The van der Waals surface area contributed by atoms with E-state index in [4.69, 9.17) is 4.18 Å². The number of hydrogen-bond donors (Lipinski definition) is 0. The van der Waals surface area contributed by atoms with Gasteiger partial charge in [0, 0.05) is 5.75 Å². The van der Waals surface area contributed by atoms with Gasteiger partial charge in [0.2, 0.25) is 0 Å². The second-order valence-electron chi connectivity index (χ2n) is 2.06. The summed E-state index contributed by atoms with van der Waals surface area (Å²) < 4.78 is 5.19. The highest BCUT2D eigenvalue weighted by Gasteiger charge is 1.96. The molecule has 1 nitrogen and oxygen atoms in total. The summed E-state index contributed by atoms with van der Waals surface area (Å²) in [6.45, 7) is 0.963. The van der Waals surface area contributed by atoms with Gasteiger partial charge < -0.3 is 4.18 Å². The summed E-state index contributed by atoms with van der Waals surface area (Å²) in [6.07, 6.45) is 5.36. The van der Waals surface area contributed by atoms with Crippen LogP contribution in [0.4, 0.5) is 0 Å². The van der Waals surface area contributed by atoms with Gasteiger partial charge in [0.05, 0.1) is 6.61 Å². The Morgan fingerprint density at radius 2 is 1.88 bits per heavy atom. The van der Waals surface area contributed by atoms with Crippen LogP contribution in [0.3, 0.4) is 0 Å². The molecule has 1 saturated heterocycles. The quantitative estimate of drug-likeness (QED) is 0.467. The van der Waals surface area contributed by atoms with Gasteiger partial charge in [-0.2, -0.15) is 0 Å². The summed E-state index contributed by atoms with van der Waals surface area (Å²) >= 11 is 1.63. The lowest BCUT2D eigenvalue weighted by atomic mass is 10.2. The van der Waals surface area contributed by atoms with Crippen molar-refractivity contribution in [2.24, 2.45) is 0 Å². The van der Waals surface area contributed by atoms with E-state index in [1.807, 2.05) is 0 Å². The molecule has 0 saturated carbocycles. The van der Waals surface area contributed by atoms with Gasteiger partial charge >= 0.3 is 0 Å². The third-order valence-electron chi connectivity index (χ3n) is 1.29. The molecule has 0 amide bonds. The smallest absolute Gasteiger partial charge is 0.0613 e. The van der Waals surface area contributed by atoms with E-state index in [-0.39, 0.29) is 0 Å². The largest absolute Gasteiger partial charge is 0.315 e. The summed E-state index contributed by atoms with van der Waals surface area (Å²) in [5.41, 5.74) is 0. The Kier molecular flexibility index (Phi) is 3.39. The fourth-order valence-corrected chi connectivity index (χ4v) is 1.47. The SMILES string of the molecule is C1CCCSOCC1. The maximum absolute atomic E-state index is 5.19. The normalized spacial score (nSPS) is 24.0. The molecule has 0 atom stereocenters. The highest BCUT2D eigenvalue weighted by atomic mass is 32.2. The summed E-state index contributed by atoms with van der Waals surface area (Å²) in [6, 6.07) is 0. The molecule has 0 aromatic carbocycles. The highest BCUT2D eigenvalue weighted by molar-refractivity contribution is 7.94. The monoisotopic (exact) mass is 132 g/mol. The summed E-state index contributed by atoms with van der Waals surface area (Å²) in [5.74, 6) is 1.19. The van der Waals surface area contributed by atoms with Crippen LogP contribution in [-0.2, 0) is 4.18 Å². The minimum Gasteiger partial charge on any atom is -0.315 e. The van der Waals surface area contributed by atoms with Crippen LogP contribution >= 0.6 is 12.0 Å². The number of hydrogen-bond acceptors (Lipinski definition) is 2. The van der Waals surface area contributed by atoms with E-state index in [2.05, 4.69) is 0 Å². The first-order chi connectivity index (χ1) is 4.00. The Balaban J connectivity index is 2.00. The topological polar surface area (TPSA) is 9.23 Å². The lowest BCUT2D eigenvalue weighted by molar-refractivity contribution is 0.348. The third kappa shape index (κ3) is 2.58. The van der Waals surface area contributed by atoms with Gasteiger partial charge in [0.1, 0.15) is 0 Å². The van der Waals surface area contributed by atoms with Gasteiger partial charge in [-0.05, 0) is 24.9 Å². The Bertz CT molecular complexity index is 32.5. The van der Waals surface area contributed by atoms with Gasteiger partial charge in [0.25, 0.3) is 0 Å². The van der Waals surface area contributed by atoms with Crippen molar-refractivity contribution < 1.29 is 4.18 Å². The molecule has 0 aromatic rings. The average molecular weight is 132 g/mol. The van der Waals surface area contributed by atoms with Crippen LogP contribution in [0, 0.1) is 0 Å². The van der Waals surface area contributed by atoms with Crippen molar-refractivity contribution in [2.75, 3.05) is 12.4 Å². The first-order valence-corrected chi connectivity index (χ1v) is 4.15. The van der Waals surface area contributed by atoms with Crippen molar-refractivity contribution in [3.05, 3.63) is 0 Å². The van der Waals surface area contributed by atoms with Crippen LogP contribution in [0.1, 0.15) is 25.7 Å². The Morgan fingerprint density at radius 3 is 2.88 bits per heavy atom. The van der Waals surface area contributed by atoms with E-state index in [1.165, 1.54) is 31.4 Å². The Morgan fingerprint density at radius 1 is 1.00 bits per heavy atom. The van der Waals surface area contributed by atoms with Crippen molar-refractivity contribution in [1.82, 2.24) is 0 Å². The molecule has 0 bridgehead atoms. The van der Waals surface area contributed by atoms with E-state index in [1.54, 1.807) is 12.0 Å². The molecule has 1 heterocycles. The molecule has 0 aliphatic carbocycles. The molecule has 0 radical (unpaired) electrons. The third-order valence-corrected chi connectivity index (χ3v) is 2.08. The molecule has 0 N–H and O–H groups in total. The van der Waals surface area contributed by atoms with E-state index in [9.17, 15) is 0 Å². The lowest BCUT2D eigenvalue weighted by Crippen LogP contribution is -1.93. The molecule has 1 aliphatic rings. The zero-order valence-electron chi connectivity index (χ0n) is 5.06. The molecule has 1 rings (SSSR count). The molecule has 8 heavy (non-hydrogen) atoms. The van der Waals surface area contributed by atoms with Gasteiger partial charge in [-0.15, -0.1) is 0 Å².